The number of carbonyl (C=O) groups is 1. The number of nitrogens with zero attached hydrogens (tertiary/aromatic N) is 3. The van der Waals surface area contributed by atoms with E-state index >= 15 is 0 Å². The molecule has 6 nitrogen and oxygen atoms in total. The first kappa shape index (κ1) is 21.6. The summed E-state index contributed by atoms with van der Waals surface area (Å²) >= 11 is 13.8. The van der Waals surface area contributed by atoms with Crippen LogP contribution >= 0.6 is 34.5 Å². The van der Waals surface area contributed by atoms with Crippen LogP contribution in [-0.2, 0) is 11.3 Å². The van der Waals surface area contributed by atoms with Gasteiger partial charge in [0, 0.05) is 41.1 Å². The molecule has 1 aliphatic rings. The van der Waals surface area contributed by atoms with Crippen LogP contribution in [0.5, 0.6) is 0 Å². The predicted octanol–water partition coefficient (Wildman–Crippen LogP) is 4.21. The molecule has 3 aromatic rings. The molecule has 0 aliphatic carbocycles. The molecule has 1 aromatic carbocycles. The van der Waals surface area contributed by atoms with Crippen molar-refractivity contribution in [1.82, 2.24) is 20.0 Å². The monoisotopic (exact) mass is 466 g/mol. The summed E-state index contributed by atoms with van der Waals surface area (Å²) in [5.41, 5.74) is 1.83. The average molecular weight is 467 g/mol. The minimum Gasteiger partial charge on any atom is -0.379 e. The Balaban J connectivity index is 1.48. The van der Waals surface area contributed by atoms with Crippen LogP contribution in [0.4, 0.5) is 0 Å². The molecule has 0 saturated carbocycles. The smallest absolute Gasteiger partial charge is 0.261 e. The van der Waals surface area contributed by atoms with Gasteiger partial charge in [-0.1, -0.05) is 29.3 Å². The number of morpholine rings is 1. The highest BCUT2D eigenvalue weighted by Gasteiger charge is 2.20. The van der Waals surface area contributed by atoms with E-state index in [1.807, 2.05) is 36.7 Å². The molecule has 0 spiro atoms. The number of carbonyl (C=O) groups excluding carboxylic acids is 1. The van der Waals surface area contributed by atoms with Crippen LogP contribution in [0.25, 0.3) is 10.2 Å². The van der Waals surface area contributed by atoms with Crippen LogP contribution < -0.4 is 5.32 Å². The number of ether oxygens (including phenoxy) is 1. The van der Waals surface area contributed by atoms with Crippen molar-refractivity contribution in [2.75, 3.05) is 32.8 Å². The Labute approximate surface area is 189 Å². The molecule has 4 rings (SSSR count). The van der Waals surface area contributed by atoms with Gasteiger partial charge in [0.2, 0.25) is 0 Å². The van der Waals surface area contributed by atoms with E-state index in [4.69, 9.17) is 27.9 Å². The fraction of sp³-hybridized carbons (Fsp3) is 0.429. The number of amides is 1. The average Bonchev–Trinajstić information content (AvgIpc) is 3.26. The highest BCUT2D eigenvalue weighted by Crippen LogP contribution is 2.30. The molecule has 2 aromatic heterocycles. The van der Waals surface area contributed by atoms with Crippen molar-refractivity contribution in [2.24, 2.45) is 0 Å². The second-order valence-corrected chi connectivity index (χ2v) is 9.47. The molecule has 1 unspecified atom stereocenters. The number of benzene rings is 1. The largest absolute Gasteiger partial charge is 0.379 e. The van der Waals surface area contributed by atoms with E-state index in [9.17, 15) is 4.79 Å². The number of aromatic nitrogens is 2. The standard InChI is InChI=1S/C21H24Cl2N4O2S/c1-13(11-26-5-7-29-8-6-26)24-20(28)19-10-17-14(2)25-27(21(17)30-19)12-15-3-4-16(22)9-18(15)23/h3-4,9-10,13H,5-8,11-12H2,1-2H3,(H,24,28). The third kappa shape index (κ3) is 4.81. The highest BCUT2D eigenvalue weighted by atomic mass is 35.5. The zero-order valence-electron chi connectivity index (χ0n) is 17.0. The van der Waals surface area contributed by atoms with E-state index < -0.39 is 0 Å². The first-order chi connectivity index (χ1) is 14.4. The second-order valence-electron chi connectivity index (χ2n) is 7.60. The van der Waals surface area contributed by atoms with Gasteiger partial charge in [-0.15, -0.1) is 11.3 Å². The topological polar surface area (TPSA) is 59.4 Å². The Kier molecular flexibility index (Phi) is 6.65. The minimum atomic E-state index is -0.0487. The summed E-state index contributed by atoms with van der Waals surface area (Å²) < 4.78 is 7.29. The Morgan fingerprint density at radius 1 is 1.30 bits per heavy atom. The molecule has 0 bridgehead atoms. The fourth-order valence-electron chi connectivity index (χ4n) is 3.65. The maximum atomic E-state index is 12.8. The van der Waals surface area contributed by atoms with Crippen LogP contribution in [0.15, 0.2) is 24.3 Å². The third-order valence-electron chi connectivity index (χ3n) is 5.18. The summed E-state index contributed by atoms with van der Waals surface area (Å²) in [4.78, 5) is 16.8. The van der Waals surface area contributed by atoms with Crippen LogP contribution in [0.3, 0.4) is 0 Å². The lowest BCUT2D eigenvalue weighted by atomic mass is 10.2. The number of rotatable bonds is 6. The number of hydrogen-bond donors (Lipinski definition) is 1. The van der Waals surface area contributed by atoms with Crippen LogP contribution in [0.1, 0.15) is 27.9 Å². The number of fused-ring (bicyclic) bond motifs is 1. The van der Waals surface area contributed by atoms with E-state index in [-0.39, 0.29) is 11.9 Å². The first-order valence-corrected chi connectivity index (χ1v) is 11.5. The van der Waals surface area contributed by atoms with Crippen molar-refractivity contribution in [3.8, 4) is 0 Å². The quantitative estimate of drug-likeness (QED) is 0.590. The zero-order chi connectivity index (χ0) is 21.3. The van der Waals surface area contributed by atoms with E-state index in [1.54, 1.807) is 6.07 Å². The molecule has 1 saturated heterocycles. The fourth-order valence-corrected chi connectivity index (χ4v) is 5.19. The maximum absolute atomic E-state index is 12.8. The summed E-state index contributed by atoms with van der Waals surface area (Å²) in [6.07, 6.45) is 0. The lowest BCUT2D eigenvalue weighted by Crippen LogP contribution is -2.45. The molecule has 9 heteroatoms. The molecule has 160 valence electrons. The van der Waals surface area contributed by atoms with Crippen molar-refractivity contribution in [3.63, 3.8) is 0 Å². The summed E-state index contributed by atoms with van der Waals surface area (Å²) in [6, 6.07) is 7.45. The highest BCUT2D eigenvalue weighted by molar-refractivity contribution is 7.20. The van der Waals surface area contributed by atoms with Crippen molar-refractivity contribution in [1.29, 1.82) is 0 Å². The van der Waals surface area contributed by atoms with Crippen LogP contribution in [0, 0.1) is 6.92 Å². The SMILES string of the molecule is Cc1nn(Cc2ccc(Cl)cc2Cl)c2sc(C(=O)NC(C)CN3CCOCC3)cc12. The van der Waals surface area contributed by atoms with Crippen LogP contribution in [-0.4, -0.2) is 59.5 Å². The second kappa shape index (κ2) is 9.24. The Morgan fingerprint density at radius 3 is 2.80 bits per heavy atom. The molecule has 0 radical (unpaired) electrons. The third-order valence-corrected chi connectivity index (χ3v) is 6.91. The van der Waals surface area contributed by atoms with Crippen molar-refractivity contribution >= 4 is 50.7 Å². The predicted molar refractivity (Wildman–Crippen MR) is 122 cm³/mol. The Bertz CT molecular complexity index is 1060. The first-order valence-electron chi connectivity index (χ1n) is 9.92. The molecule has 1 aliphatic heterocycles. The molecule has 30 heavy (non-hydrogen) atoms. The lowest BCUT2D eigenvalue weighted by molar-refractivity contribution is 0.0342. The van der Waals surface area contributed by atoms with E-state index in [2.05, 4.69) is 15.3 Å². The zero-order valence-corrected chi connectivity index (χ0v) is 19.3. The van der Waals surface area contributed by atoms with Crippen molar-refractivity contribution in [3.05, 3.63) is 50.4 Å². The number of thiophene rings is 1. The van der Waals surface area contributed by atoms with E-state index in [1.165, 1.54) is 11.3 Å². The van der Waals surface area contributed by atoms with E-state index in [0.717, 1.165) is 54.3 Å². The van der Waals surface area contributed by atoms with Crippen LogP contribution in [0.2, 0.25) is 10.0 Å². The number of halogens is 2. The van der Waals surface area contributed by atoms with Gasteiger partial charge < -0.3 is 10.1 Å². The van der Waals surface area contributed by atoms with Crippen molar-refractivity contribution < 1.29 is 9.53 Å². The summed E-state index contributed by atoms with van der Waals surface area (Å²) in [5, 5.41) is 9.96. The van der Waals surface area contributed by atoms with Gasteiger partial charge in [-0.05, 0) is 37.6 Å². The minimum absolute atomic E-state index is 0.0487. The van der Waals surface area contributed by atoms with Gasteiger partial charge in [0.05, 0.1) is 30.3 Å². The van der Waals surface area contributed by atoms with Gasteiger partial charge in [-0.25, -0.2) is 0 Å². The molecule has 1 N–H and O–H groups in total. The molecule has 1 atom stereocenters. The van der Waals surface area contributed by atoms with E-state index in [0.29, 0.717) is 21.5 Å². The normalized spacial score (nSPS) is 16.1. The van der Waals surface area contributed by atoms with Gasteiger partial charge in [-0.3, -0.25) is 14.4 Å². The molecule has 1 fully saturated rings. The molecular formula is C21H24Cl2N4O2S. The summed E-state index contributed by atoms with van der Waals surface area (Å²) in [6.45, 7) is 8.66. The van der Waals surface area contributed by atoms with Gasteiger partial charge in [-0.2, -0.15) is 5.10 Å². The number of nitrogens with one attached hydrogen (secondary N) is 1. The van der Waals surface area contributed by atoms with Gasteiger partial charge in [0.1, 0.15) is 4.83 Å². The number of hydrogen-bond acceptors (Lipinski definition) is 5. The molecular weight excluding hydrogens is 443 g/mol. The lowest BCUT2D eigenvalue weighted by Gasteiger charge is -2.29. The molecule has 1 amide bonds. The van der Waals surface area contributed by atoms with Gasteiger partial charge >= 0.3 is 0 Å². The van der Waals surface area contributed by atoms with Gasteiger partial charge in [0.25, 0.3) is 5.91 Å². The van der Waals surface area contributed by atoms with Gasteiger partial charge in [0.15, 0.2) is 0 Å². The Hall–Kier alpha value is -1.64. The Morgan fingerprint density at radius 2 is 2.07 bits per heavy atom. The van der Waals surface area contributed by atoms with Crippen molar-refractivity contribution in [2.45, 2.75) is 26.4 Å². The summed E-state index contributed by atoms with van der Waals surface area (Å²) in [5.74, 6) is -0.0487. The summed E-state index contributed by atoms with van der Waals surface area (Å²) in [7, 11) is 0. The maximum Gasteiger partial charge on any atom is 0.261 e. The molecule has 3 heterocycles. The number of aryl methyl sites for hydroxylation is 1.